The van der Waals surface area contributed by atoms with Crippen molar-refractivity contribution in [3.05, 3.63) is 33.4 Å². The van der Waals surface area contributed by atoms with Crippen molar-refractivity contribution in [1.82, 2.24) is 19.5 Å². The van der Waals surface area contributed by atoms with Crippen LogP contribution in [0.3, 0.4) is 0 Å². The summed E-state index contributed by atoms with van der Waals surface area (Å²) in [7, 11) is 0. The number of nitriles is 1. The number of likely N-dealkylation sites (tertiary alicyclic amines) is 1. The van der Waals surface area contributed by atoms with E-state index in [4.69, 9.17) is 0 Å². The SMILES string of the molecule is CCCc1cc(=O)n2[nH]c(CC(=O)N3CCCC3)c(C#N)c2n1. The van der Waals surface area contributed by atoms with Gasteiger partial charge < -0.3 is 4.90 Å². The van der Waals surface area contributed by atoms with Gasteiger partial charge >= 0.3 is 0 Å². The molecule has 0 saturated carbocycles. The topological polar surface area (TPSA) is 94.3 Å². The highest BCUT2D eigenvalue weighted by atomic mass is 16.2. The number of amides is 1. The van der Waals surface area contributed by atoms with E-state index in [0.29, 0.717) is 23.5 Å². The minimum atomic E-state index is -0.255. The molecule has 0 spiro atoms. The number of carbonyl (C=O) groups is 1. The first kappa shape index (κ1) is 15.3. The summed E-state index contributed by atoms with van der Waals surface area (Å²) >= 11 is 0. The molecule has 1 aliphatic heterocycles. The van der Waals surface area contributed by atoms with Gasteiger partial charge in [0.25, 0.3) is 5.56 Å². The summed E-state index contributed by atoms with van der Waals surface area (Å²) in [6.45, 7) is 3.53. The molecule has 2 aromatic rings. The number of aryl methyl sites for hydroxylation is 1. The fraction of sp³-hybridized carbons (Fsp3) is 0.500. The number of aromatic amines is 1. The molecular formula is C16H19N5O2. The number of hydrogen-bond donors (Lipinski definition) is 1. The standard InChI is InChI=1S/C16H19N5O2/c1-2-5-11-8-15(23)21-16(18-11)12(10-17)13(19-21)9-14(22)20-6-3-4-7-20/h8,19H,2-7,9H2,1H3. The van der Waals surface area contributed by atoms with Crippen molar-refractivity contribution in [1.29, 1.82) is 5.26 Å². The molecule has 1 saturated heterocycles. The molecule has 0 aliphatic carbocycles. The van der Waals surface area contributed by atoms with Gasteiger partial charge in [-0.15, -0.1) is 0 Å². The van der Waals surface area contributed by atoms with Crippen LogP contribution in [0.15, 0.2) is 10.9 Å². The van der Waals surface area contributed by atoms with Gasteiger partial charge in [0.05, 0.1) is 12.1 Å². The Morgan fingerprint density at radius 3 is 2.83 bits per heavy atom. The first-order valence-electron chi connectivity index (χ1n) is 7.95. The van der Waals surface area contributed by atoms with Crippen molar-refractivity contribution in [2.75, 3.05) is 13.1 Å². The van der Waals surface area contributed by atoms with Crippen molar-refractivity contribution in [3.63, 3.8) is 0 Å². The van der Waals surface area contributed by atoms with Crippen LogP contribution in [0.5, 0.6) is 0 Å². The minimum absolute atomic E-state index is 0.0209. The van der Waals surface area contributed by atoms with E-state index in [-0.39, 0.29) is 23.5 Å². The van der Waals surface area contributed by atoms with E-state index in [2.05, 4.69) is 16.2 Å². The number of nitrogens with one attached hydrogen (secondary N) is 1. The molecule has 2 aromatic heterocycles. The third-order valence-corrected chi connectivity index (χ3v) is 4.15. The van der Waals surface area contributed by atoms with Crippen molar-refractivity contribution in [2.24, 2.45) is 0 Å². The Morgan fingerprint density at radius 1 is 1.43 bits per heavy atom. The Bertz CT molecular complexity index is 836. The molecule has 1 N–H and O–H groups in total. The molecule has 0 unspecified atom stereocenters. The van der Waals surface area contributed by atoms with E-state index in [1.54, 1.807) is 4.90 Å². The molecule has 1 aliphatic rings. The lowest BCUT2D eigenvalue weighted by atomic mass is 10.2. The highest BCUT2D eigenvalue weighted by molar-refractivity contribution is 5.80. The van der Waals surface area contributed by atoms with Crippen LogP contribution in [0.25, 0.3) is 5.65 Å². The van der Waals surface area contributed by atoms with E-state index < -0.39 is 0 Å². The van der Waals surface area contributed by atoms with Crippen LogP contribution in [0.1, 0.15) is 43.1 Å². The van der Waals surface area contributed by atoms with E-state index in [1.807, 2.05) is 6.92 Å². The number of H-pyrrole nitrogens is 1. The number of aromatic nitrogens is 3. The summed E-state index contributed by atoms with van der Waals surface area (Å²) in [5.74, 6) is -0.0209. The van der Waals surface area contributed by atoms with Gasteiger partial charge in [0.15, 0.2) is 5.65 Å². The summed E-state index contributed by atoms with van der Waals surface area (Å²) < 4.78 is 1.25. The molecule has 1 fully saturated rings. The van der Waals surface area contributed by atoms with Crippen molar-refractivity contribution >= 4 is 11.6 Å². The Balaban J connectivity index is 2.00. The zero-order valence-corrected chi connectivity index (χ0v) is 13.1. The maximum absolute atomic E-state index is 12.3. The number of rotatable bonds is 4. The summed E-state index contributed by atoms with van der Waals surface area (Å²) in [4.78, 5) is 30.7. The predicted octanol–water partition coefficient (Wildman–Crippen LogP) is 1.01. The second-order valence-corrected chi connectivity index (χ2v) is 5.84. The van der Waals surface area contributed by atoms with Crippen LogP contribution >= 0.6 is 0 Å². The fourth-order valence-corrected chi connectivity index (χ4v) is 2.99. The maximum Gasteiger partial charge on any atom is 0.272 e. The number of carbonyl (C=O) groups excluding carboxylic acids is 1. The first-order valence-corrected chi connectivity index (χ1v) is 7.95. The molecule has 3 rings (SSSR count). The second kappa shape index (κ2) is 6.24. The number of hydrogen-bond acceptors (Lipinski definition) is 4. The van der Waals surface area contributed by atoms with Crippen molar-refractivity contribution < 1.29 is 4.79 Å². The lowest BCUT2D eigenvalue weighted by Crippen LogP contribution is -2.29. The summed E-state index contributed by atoms with van der Waals surface area (Å²) in [6, 6.07) is 3.56. The van der Waals surface area contributed by atoms with Crippen LogP contribution in [0.4, 0.5) is 0 Å². The van der Waals surface area contributed by atoms with E-state index in [1.165, 1.54) is 10.6 Å². The van der Waals surface area contributed by atoms with Gasteiger partial charge in [-0.05, 0) is 19.3 Å². The largest absolute Gasteiger partial charge is 0.342 e. The third kappa shape index (κ3) is 2.84. The molecule has 3 heterocycles. The molecule has 0 radical (unpaired) electrons. The molecule has 1 amide bonds. The Hall–Kier alpha value is -2.62. The van der Waals surface area contributed by atoms with Gasteiger partial charge in [0.1, 0.15) is 11.6 Å². The molecular weight excluding hydrogens is 294 g/mol. The Labute approximate surface area is 133 Å². The summed E-state index contributed by atoms with van der Waals surface area (Å²) in [6.07, 6.45) is 3.68. The minimum Gasteiger partial charge on any atom is -0.342 e. The maximum atomic E-state index is 12.3. The molecule has 7 nitrogen and oxygen atoms in total. The van der Waals surface area contributed by atoms with Gasteiger partial charge in [0.2, 0.25) is 5.91 Å². The van der Waals surface area contributed by atoms with E-state index in [9.17, 15) is 14.9 Å². The zero-order chi connectivity index (χ0) is 16.4. The normalized spacial score (nSPS) is 14.3. The molecule has 0 bridgehead atoms. The number of nitrogens with zero attached hydrogens (tertiary/aromatic N) is 4. The average molecular weight is 313 g/mol. The van der Waals surface area contributed by atoms with Gasteiger partial charge in [-0.25, -0.2) is 9.50 Å². The zero-order valence-electron chi connectivity index (χ0n) is 13.1. The lowest BCUT2D eigenvalue weighted by molar-refractivity contribution is -0.129. The van der Waals surface area contributed by atoms with Gasteiger partial charge in [-0.1, -0.05) is 13.3 Å². The molecule has 0 aromatic carbocycles. The van der Waals surface area contributed by atoms with Crippen LogP contribution in [0, 0.1) is 11.3 Å². The van der Waals surface area contributed by atoms with Crippen LogP contribution in [-0.2, 0) is 17.6 Å². The second-order valence-electron chi connectivity index (χ2n) is 5.84. The molecule has 23 heavy (non-hydrogen) atoms. The van der Waals surface area contributed by atoms with Crippen molar-refractivity contribution in [2.45, 2.75) is 39.0 Å². The quantitative estimate of drug-likeness (QED) is 0.911. The van der Waals surface area contributed by atoms with Gasteiger partial charge in [-0.2, -0.15) is 5.26 Å². The van der Waals surface area contributed by atoms with E-state index >= 15 is 0 Å². The Morgan fingerprint density at radius 2 is 2.17 bits per heavy atom. The highest BCUT2D eigenvalue weighted by Gasteiger charge is 2.22. The fourth-order valence-electron chi connectivity index (χ4n) is 2.99. The van der Waals surface area contributed by atoms with Crippen LogP contribution in [0.2, 0.25) is 0 Å². The van der Waals surface area contributed by atoms with Gasteiger partial charge in [0, 0.05) is 24.8 Å². The molecule has 0 atom stereocenters. The van der Waals surface area contributed by atoms with Crippen LogP contribution in [-0.4, -0.2) is 38.5 Å². The van der Waals surface area contributed by atoms with Crippen molar-refractivity contribution in [3.8, 4) is 6.07 Å². The third-order valence-electron chi connectivity index (χ3n) is 4.15. The average Bonchev–Trinajstić information content (AvgIpc) is 3.15. The lowest BCUT2D eigenvalue weighted by Gasteiger charge is -2.14. The highest BCUT2D eigenvalue weighted by Crippen LogP contribution is 2.16. The Kier molecular flexibility index (Phi) is 4.15. The smallest absolute Gasteiger partial charge is 0.272 e. The molecule has 120 valence electrons. The monoisotopic (exact) mass is 313 g/mol. The van der Waals surface area contributed by atoms with Gasteiger partial charge in [-0.3, -0.25) is 14.7 Å². The first-order chi connectivity index (χ1) is 11.1. The van der Waals surface area contributed by atoms with Crippen LogP contribution < -0.4 is 5.56 Å². The summed E-state index contributed by atoms with van der Waals surface area (Å²) in [5, 5.41) is 12.3. The molecule has 7 heteroatoms. The summed E-state index contributed by atoms with van der Waals surface area (Å²) in [5.41, 5.74) is 1.48. The number of fused-ring (bicyclic) bond motifs is 1. The van der Waals surface area contributed by atoms with E-state index in [0.717, 1.165) is 32.4 Å². The predicted molar refractivity (Wildman–Crippen MR) is 84.0 cm³/mol.